The van der Waals surface area contributed by atoms with Crippen molar-refractivity contribution in [3.05, 3.63) is 39.4 Å². The highest BCUT2D eigenvalue weighted by Crippen LogP contribution is 2.19. The number of nitrogens with zero attached hydrogens (tertiary/aromatic N) is 2. The molecule has 120 valence electrons. The third kappa shape index (κ3) is 4.81. The van der Waals surface area contributed by atoms with E-state index in [9.17, 15) is 19.7 Å². The third-order valence-corrected chi connectivity index (χ3v) is 3.00. The number of ether oxygens (including phenoxy) is 1. The molecule has 0 atom stereocenters. The van der Waals surface area contributed by atoms with Gasteiger partial charge in [0.2, 0.25) is 5.91 Å². The van der Waals surface area contributed by atoms with Crippen LogP contribution in [-0.4, -0.2) is 55.5 Å². The summed E-state index contributed by atoms with van der Waals surface area (Å²) < 4.78 is 4.81. The molecule has 0 radical (unpaired) electrons. The molecule has 1 aromatic rings. The van der Waals surface area contributed by atoms with Gasteiger partial charge in [-0.05, 0) is 19.1 Å². The molecule has 0 heterocycles. The summed E-state index contributed by atoms with van der Waals surface area (Å²) in [4.78, 5) is 35.3. The van der Waals surface area contributed by atoms with Crippen molar-refractivity contribution in [2.75, 3.05) is 33.9 Å². The molecule has 1 rings (SSSR count). The summed E-state index contributed by atoms with van der Waals surface area (Å²) in [6.45, 7) is 2.23. The third-order valence-electron chi connectivity index (χ3n) is 3.00. The lowest BCUT2D eigenvalue weighted by molar-refractivity contribution is -0.385. The molecule has 8 nitrogen and oxygen atoms in total. The Labute approximate surface area is 128 Å². The molecule has 22 heavy (non-hydrogen) atoms. The molecule has 1 N–H and O–H groups in total. The number of nitro groups is 1. The van der Waals surface area contributed by atoms with Gasteiger partial charge in [-0.15, -0.1) is 0 Å². The highest BCUT2D eigenvalue weighted by atomic mass is 16.6. The van der Waals surface area contributed by atoms with Crippen molar-refractivity contribution < 1.29 is 19.2 Å². The average molecular weight is 309 g/mol. The molecule has 0 bridgehead atoms. The maximum absolute atomic E-state index is 12.2. The molecule has 0 saturated carbocycles. The standard InChI is InChI=1S/C14H19N3O5/c1-10-8-11(4-5-12(10)17(20)21)14(19)16(2)9-13(18)15-6-7-22-3/h4-5,8H,6-7,9H2,1-3H3,(H,15,18). The van der Waals surface area contributed by atoms with Gasteiger partial charge in [0, 0.05) is 37.9 Å². The smallest absolute Gasteiger partial charge is 0.272 e. The van der Waals surface area contributed by atoms with Crippen molar-refractivity contribution in [2.24, 2.45) is 0 Å². The SMILES string of the molecule is COCCNC(=O)CN(C)C(=O)c1ccc([N+](=O)[O-])c(C)c1. The fourth-order valence-electron chi connectivity index (χ4n) is 1.85. The molecule has 0 spiro atoms. The van der Waals surface area contributed by atoms with Gasteiger partial charge < -0.3 is 15.0 Å². The Morgan fingerprint density at radius 1 is 1.41 bits per heavy atom. The summed E-state index contributed by atoms with van der Waals surface area (Å²) in [6, 6.07) is 4.11. The number of hydrogen-bond acceptors (Lipinski definition) is 5. The van der Waals surface area contributed by atoms with Crippen molar-refractivity contribution >= 4 is 17.5 Å². The van der Waals surface area contributed by atoms with Gasteiger partial charge in [-0.3, -0.25) is 19.7 Å². The maximum atomic E-state index is 12.2. The topological polar surface area (TPSA) is 102 Å². The second kappa shape index (κ2) is 8.08. The van der Waals surface area contributed by atoms with Crippen molar-refractivity contribution in [3.8, 4) is 0 Å². The second-order valence-corrected chi connectivity index (χ2v) is 4.76. The Hall–Kier alpha value is -2.48. The number of hydrogen-bond donors (Lipinski definition) is 1. The van der Waals surface area contributed by atoms with E-state index < -0.39 is 4.92 Å². The molecule has 8 heteroatoms. The minimum atomic E-state index is -0.503. The molecule has 0 unspecified atom stereocenters. The Kier molecular flexibility index (Phi) is 6.46. The minimum Gasteiger partial charge on any atom is -0.383 e. The summed E-state index contributed by atoms with van der Waals surface area (Å²) in [5, 5.41) is 13.4. The van der Waals surface area contributed by atoms with Gasteiger partial charge >= 0.3 is 0 Å². The van der Waals surface area contributed by atoms with Gasteiger partial charge in [0.15, 0.2) is 0 Å². The van der Waals surface area contributed by atoms with E-state index in [1.54, 1.807) is 6.92 Å². The van der Waals surface area contributed by atoms with Gasteiger partial charge in [-0.25, -0.2) is 0 Å². The van der Waals surface area contributed by atoms with Crippen LogP contribution in [-0.2, 0) is 9.53 Å². The van der Waals surface area contributed by atoms with Gasteiger partial charge in [-0.2, -0.15) is 0 Å². The lowest BCUT2D eigenvalue weighted by Gasteiger charge is -2.17. The number of benzene rings is 1. The molecule has 0 aromatic heterocycles. The first-order valence-corrected chi connectivity index (χ1v) is 6.63. The van der Waals surface area contributed by atoms with E-state index >= 15 is 0 Å². The maximum Gasteiger partial charge on any atom is 0.272 e. The van der Waals surface area contributed by atoms with Gasteiger partial charge in [0.25, 0.3) is 11.6 Å². The Morgan fingerprint density at radius 3 is 2.64 bits per heavy atom. The van der Waals surface area contributed by atoms with E-state index in [0.29, 0.717) is 24.3 Å². The highest BCUT2D eigenvalue weighted by molar-refractivity contribution is 5.96. The molecule has 1 aromatic carbocycles. The second-order valence-electron chi connectivity index (χ2n) is 4.76. The lowest BCUT2D eigenvalue weighted by atomic mass is 10.1. The summed E-state index contributed by atoms with van der Waals surface area (Å²) in [5.74, 6) is -0.675. The molecule has 0 saturated heterocycles. The molecule has 0 aliphatic heterocycles. The average Bonchev–Trinajstić information content (AvgIpc) is 2.46. The molecule has 0 aliphatic rings. The van der Waals surface area contributed by atoms with E-state index in [0.717, 1.165) is 0 Å². The predicted octanol–water partition coefficient (Wildman–Crippen LogP) is 0.738. The summed E-state index contributed by atoms with van der Waals surface area (Å²) in [7, 11) is 3.02. The fraction of sp³-hybridized carbons (Fsp3) is 0.429. The lowest BCUT2D eigenvalue weighted by Crippen LogP contribution is -2.39. The van der Waals surface area contributed by atoms with Crippen LogP contribution < -0.4 is 5.32 Å². The van der Waals surface area contributed by atoms with Crippen LogP contribution in [0.25, 0.3) is 0 Å². The quantitative estimate of drug-likeness (QED) is 0.454. The predicted molar refractivity (Wildman–Crippen MR) is 79.7 cm³/mol. The fourth-order valence-corrected chi connectivity index (χ4v) is 1.85. The van der Waals surface area contributed by atoms with Crippen molar-refractivity contribution in [2.45, 2.75) is 6.92 Å². The van der Waals surface area contributed by atoms with Crippen LogP contribution in [0.15, 0.2) is 18.2 Å². The van der Waals surface area contributed by atoms with Crippen LogP contribution in [0, 0.1) is 17.0 Å². The van der Waals surface area contributed by atoms with E-state index in [1.165, 1.54) is 37.3 Å². The number of carbonyl (C=O) groups is 2. The Bertz CT molecular complexity index is 574. The first kappa shape index (κ1) is 17.6. The van der Waals surface area contributed by atoms with Crippen molar-refractivity contribution in [1.29, 1.82) is 0 Å². The molecule has 2 amide bonds. The number of carbonyl (C=O) groups excluding carboxylic acids is 2. The molecular weight excluding hydrogens is 290 g/mol. The largest absolute Gasteiger partial charge is 0.383 e. The molecule has 0 fully saturated rings. The van der Waals surface area contributed by atoms with Gasteiger partial charge in [0.05, 0.1) is 18.1 Å². The number of rotatable bonds is 7. The van der Waals surface area contributed by atoms with E-state index in [-0.39, 0.29) is 24.0 Å². The van der Waals surface area contributed by atoms with E-state index in [1.807, 2.05) is 0 Å². The highest BCUT2D eigenvalue weighted by Gasteiger charge is 2.18. The van der Waals surface area contributed by atoms with Gasteiger partial charge in [0.1, 0.15) is 0 Å². The van der Waals surface area contributed by atoms with Crippen LogP contribution >= 0.6 is 0 Å². The van der Waals surface area contributed by atoms with Crippen LogP contribution in [0.3, 0.4) is 0 Å². The number of likely N-dealkylation sites (N-methyl/N-ethyl adjacent to an activating group) is 1. The minimum absolute atomic E-state index is 0.0449. The normalized spacial score (nSPS) is 10.1. The van der Waals surface area contributed by atoms with Crippen LogP contribution in [0.5, 0.6) is 0 Å². The summed E-state index contributed by atoms with van der Waals surface area (Å²) in [5.41, 5.74) is 0.653. The number of nitro benzene ring substituents is 1. The zero-order chi connectivity index (χ0) is 16.7. The summed E-state index contributed by atoms with van der Waals surface area (Å²) >= 11 is 0. The first-order valence-electron chi connectivity index (χ1n) is 6.63. The molecule has 0 aliphatic carbocycles. The van der Waals surface area contributed by atoms with E-state index in [4.69, 9.17) is 4.74 Å². The number of methoxy groups -OCH3 is 1. The Morgan fingerprint density at radius 2 is 2.09 bits per heavy atom. The van der Waals surface area contributed by atoms with Crippen LogP contribution in [0.4, 0.5) is 5.69 Å². The van der Waals surface area contributed by atoms with Gasteiger partial charge in [-0.1, -0.05) is 0 Å². The first-order chi connectivity index (χ1) is 10.4. The number of amides is 2. The zero-order valence-electron chi connectivity index (χ0n) is 12.8. The summed E-state index contributed by atoms with van der Waals surface area (Å²) in [6.07, 6.45) is 0. The monoisotopic (exact) mass is 309 g/mol. The number of nitrogens with one attached hydrogen (secondary N) is 1. The van der Waals surface area contributed by atoms with E-state index in [2.05, 4.69) is 5.32 Å². The van der Waals surface area contributed by atoms with Crippen LogP contribution in [0.2, 0.25) is 0 Å². The van der Waals surface area contributed by atoms with Crippen molar-refractivity contribution in [1.82, 2.24) is 10.2 Å². The van der Waals surface area contributed by atoms with Crippen LogP contribution in [0.1, 0.15) is 15.9 Å². The molecular formula is C14H19N3O5. The number of aryl methyl sites for hydroxylation is 1. The Balaban J connectivity index is 2.69. The van der Waals surface area contributed by atoms with Crippen molar-refractivity contribution in [3.63, 3.8) is 0 Å². The zero-order valence-corrected chi connectivity index (χ0v) is 12.8.